The van der Waals surface area contributed by atoms with Crippen molar-refractivity contribution in [3.05, 3.63) is 96.9 Å². The Kier molecular flexibility index (Phi) is 5.96. The molecule has 0 spiro atoms. The number of benzene rings is 2. The van der Waals surface area contributed by atoms with Crippen molar-refractivity contribution < 1.29 is 14.3 Å². The van der Waals surface area contributed by atoms with Gasteiger partial charge in [-0.05, 0) is 49.4 Å². The minimum absolute atomic E-state index is 0.0137. The maximum atomic E-state index is 14.4. The van der Waals surface area contributed by atoms with E-state index in [1.165, 1.54) is 23.1 Å². The quantitative estimate of drug-likeness (QED) is 0.557. The van der Waals surface area contributed by atoms with E-state index in [-0.39, 0.29) is 28.1 Å². The standard InChI is InChI=1S/C25H22Cl2FN3O3/c26-15-5-1-4-14(12-15)25(9-10-25)24-29-19-8-3-11-31(13-17(19)22(33)30-24)23(34)21(32)16-6-2-7-18(27)20(16)28/h1-2,4-7,12,21,32H,3,8-11,13H2,(H,29,30,33). The molecule has 2 aliphatic rings. The molecule has 2 aromatic carbocycles. The molecule has 176 valence electrons. The van der Waals surface area contributed by atoms with Crippen molar-refractivity contribution in [3.63, 3.8) is 0 Å². The Balaban J connectivity index is 1.44. The van der Waals surface area contributed by atoms with Gasteiger partial charge in [0.05, 0.1) is 28.2 Å². The molecule has 1 atom stereocenters. The van der Waals surface area contributed by atoms with Crippen LogP contribution in [0.15, 0.2) is 47.3 Å². The smallest absolute Gasteiger partial charge is 0.256 e. The van der Waals surface area contributed by atoms with Crippen molar-refractivity contribution in [3.8, 4) is 0 Å². The Labute approximate surface area is 205 Å². The molecule has 1 unspecified atom stereocenters. The zero-order valence-corrected chi connectivity index (χ0v) is 19.7. The number of carbonyl (C=O) groups is 1. The third-order valence-corrected chi connectivity index (χ3v) is 7.22. The lowest BCUT2D eigenvalue weighted by molar-refractivity contribution is -0.141. The average Bonchev–Trinajstić information content (AvgIpc) is 3.64. The van der Waals surface area contributed by atoms with Crippen molar-refractivity contribution in [2.24, 2.45) is 0 Å². The van der Waals surface area contributed by atoms with Crippen molar-refractivity contribution in [2.45, 2.75) is 43.7 Å². The van der Waals surface area contributed by atoms with Crippen LogP contribution in [-0.4, -0.2) is 32.4 Å². The summed E-state index contributed by atoms with van der Waals surface area (Å²) in [5.41, 5.74) is 1.18. The molecule has 2 heterocycles. The van der Waals surface area contributed by atoms with Gasteiger partial charge in [-0.15, -0.1) is 0 Å². The first-order valence-corrected chi connectivity index (χ1v) is 11.8. The summed E-state index contributed by atoms with van der Waals surface area (Å²) in [7, 11) is 0. The molecule has 6 nitrogen and oxygen atoms in total. The molecule has 1 aliphatic carbocycles. The number of nitrogens with one attached hydrogen (secondary N) is 1. The number of aromatic amines is 1. The summed E-state index contributed by atoms with van der Waals surface area (Å²) in [5.74, 6) is -0.908. The van der Waals surface area contributed by atoms with E-state index >= 15 is 0 Å². The molecule has 1 amide bonds. The van der Waals surface area contributed by atoms with Gasteiger partial charge < -0.3 is 15.0 Å². The van der Waals surface area contributed by atoms with Crippen LogP contribution in [-0.2, 0) is 23.2 Å². The Morgan fingerprint density at radius 1 is 1.21 bits per heavy atom. The number of aliphatic hydroxyl groups excluding tert-OH is 1. The Bertz CT molecular complexity index is 1340. The first kappa shape index (κ1) is 23.0. The van der Waals surface area contributed by atoms with E-state index in [0.717, 1.165) is 18.4 Å². The second-order valence-corrected chi connectivity index (χ2v) is 9.68. The molecule has 0 bridgehead atoms. The summed E-state index contributed by atoms with van der Waals surface area (Å²) in [5, 5.41) is 11.0. The normalized spacial score (nSPS) is 17.6. The van der Waals surface area contributed by atoms with Gasteiger partial charge >= 0.3 is 0 Å². The highest BCUT2D eigenvalue weighted by molar-refractivity contribution is 6.31. The third kappa shape index (κ3) is 4.02. The Morgan fingerprint density at radius 3 is 2.71 bits per heavy atom. The number of hydrogen-bond donors (Lipinski definition) is 2. The van der Waals surface area contributed by atoms with Crippen LogP contribution in [0.2, 0.25) is 10.0 Å². The van der Waals surface area contributed by atoms with Gasteiger partial charge in [-0.2, -0.15) is 0 Å². The number of amides is 1. The molecule has 1 fully saturated rings. The van der Waals surface area contributed by atoms with Gasteiger partial charge in [0.15, 0.2) is 6.10 Å². The first-order chi connectivity index (χ1) is 16.3. The lowest BCUT2D eigenvalue weighted by atomic mass is 9.94. The number of aryl methyl sites for hydroxylation is 1. The summed E-state index contributed by atoms with van der Waals surface area (Å²) in [6, 6.07) is 11.7. The molecule has 1 aromatic heterocycles. The first-order valence-electron chi connectivity index (χ1n) is 11.1. The topological polar surface area (TPSA) is 86.3 Å². The van der Waals surface area contributed by atoms with E-state index in [1.54, 1.807) is 0 Å². The number of hydrogen-bond acceptors (Lipinski definition) is 4. The number of rotatable bonds is 4. The SMILES string of the molecule is O=C(C(O)c1cccc(Cl)c1F)N1CCCc2nc(C3(c4cccc(Cl)c4)CC3)[nH]c(=O)c2C1. The van der Waals surface area contributed by atoms with Crippen molar-refractivity contribution >= 4 is 29.1 Å². The summed E-state index contributed by atoms with van der Waals surface area (Å²) >= 11 is 12.0. The molecular weight excluding hydrogens is 480 g/mol. The molecule has 0 saturated heterocycles. The van der Waals surface area contributed by atoms with E-state index in [2.05, 4.69) is 4.98 Å². The molecule has 34 heavy (non-hydrogen) atoms. The zero-order chi connectivity index (χ0) is 24.0. The Morgan fingerprint density at radius 2 is 1.97 bits per heavy atom. The van der Waals surface area contributed by atoms with Crippen LogP contribution in [0.4, 0.5) is 4.39 Å². The number of halogens is 3. The molecule has 1 saturated carbocycles. The van der Waals surface area contributed by atoms with Gasteiger partial charge in [0.1, 0.15) is 11.6 Å². The molecule has 5 rings (SSSR count). The van der Waals surface area contributed by atoms with Crippen LogP contribution >= 0.6 is 23.2 Å². The number of aromatic nitrogens is 2. The summed E-state index contributed by atoms with van der Waals surface area (Å²) in [6.45, 7) is 0.294. The molecule has 1 aliphatic heterocycles. The van der Waals surface area contributed by atoms with Gasteiger partial charge in [0, 0.05) is 17.1 Å². The number of carbonyl (C=O) groups excluding carboxylic acids is 1. The molecule has 3 aromatic rings. The van der Waals surface area contributed by atoms with Crippen molar-refractivity contribution in [1.82, 2.24) is 14.9 Å². The number of nitrogens with zero attached hydrogens (tertiary/aromatic N) is 2. The number of aliphatic hydroxyl groups is 1. The molecule has 9 heteroatoms. The van der Waals surface area contributed by atoms with Gasteiger partial charge in [0.25, 0.3) is 11.5 Å². The fraction of sp³-hybridized carbons (Fsp3) is 0.320. The van der Waals surface area contributed by atoms with Crippen LogP contribution in [0, 0.1) is 5.82 Å². The highest BCUT2D eigenvalue weighted by Gasteiger charge is 2.48. The fourth-order valence-electron chi connectivity index (χ4n) is 4.65. The minimum atomic E-state index is -1.72. The van der Waals surface area contributed by atoms with Gasteiger partial charge in [0.2, 0.25) is 0 Å². The summed E-state index contributed by atoms with van der Waals surface area (Å²) < 4.78 is 14.4. The third-order valence-electron chi connectivity index (χ3n) is 6.69. The number of H-pyrrole nitrogens is 1. The highest BCUT2D eigenvalue weighted by atomic mass is 35.5. The zero-order valence-electron chi connectivity index (χ0n) is 18.2. The lowest BCUT2D eigenvalue weighted by Crippen LogP contribution is -2.37. The van der Waals surface area contributed by atoms with E-state index in [1.807, 2.05) is 24.3 Å². The number of fused-ring (bicyclic) bond motifs is 1. The average molecular weight is 502 g/mol. The Hall–Kier alpha value is -2.74. The lowest BCUT2D eigenvalue weighted by Gasteiger charge is -2.24. The molecule has 2 N–H and O–H groups in total. The minimum Gasteiger partial charge on any atom is -0.378 e. The summed E-state index contributed by atoms with van der Waals surface area (Å²) in [4.78, 5) is 35.3. The predicted octanol–water partition coefficient (Wildman–Crippen LogP) is 4.30. The van der Waals surface area contributed by atoms with Crippen LogP contribution in [0.5, 0.6) is 0 Å². The van der Waals surface area contributed by atoms with Crippen LogP contribution < -0.4 is 5.56 Å². The van der Waals surface area contributed by atoms with Crippen LogP contribution in [0.1, 0.15) is 53.6 Å². The van der Waals surface area contributed by atoms with E-state index in [9.17, 15) is 19.1 Å². The maximum Gasteiger partial charge on any atom is 0.256 e. The van der Waals surface area contributed by atoms with Crippen LogP contribution in [0.25, 0.3) is 0 Å². The van der Waals surface area contributed by atoms with Crippen molar-refractivity contribution in [1.29, 1.82) is 0 Å². The predicted molar refractivity (Wildman–Crippen MR) is 126 cm³/mol. The monoisotopic (exact) mass is 501 g/mol. The molecule has 0 radical (unpaired) electrons. The fourth-order valence-corrected chi connectivity index (χ4v) is 5.02. The molecular formula is C25H22Cl2FN3O3. The van der Waals surface area contributed by atoms with E-state index in [0.29, 0.717) is 41.5 Å². The van der Waals surface area contributed by atoms with E-state index < -0.39 is 17.8 Å². The van der Waals surface area contributed by atoms with E-state index in [4.69, 9.17) is 28.2 Å². The van der Waals surface area contributed by atoms with Gasteiger partial charge in [-0.1, -0.05) is 47.5 Å². The second-order valence-electron chi connectivity index (χ2n) is 8.84. The van der Waals surface area contributed by atoms with Gasteiger partial charge in [-0.25, -0.2) is 9.37 Å². The highest BCUT2D eigenvalue weighted by Crippen LogP contribution is 2.52. The summed E-state index contributed by atoms with van der Waals surface area (Å²) in [6.07, 6.45) is 1.07. The van der Waals surface area contributed by atoms with Gasteiger partial charge in [-0.3, -0.25) is 9.59 Å². The maximum absolute atomic E-state index is 14.4. The largest absolute Gasteiger partial charge is 0.378 e. The van der Waals surface area contributed by atoms with Crippen LogP contribution in [0.3, 0.4) is 0 Å². The second kappa shape index (κ2) is 8.80. The van der Waals surface area contributed by atoms with Crippen molar-refractivity contribution in [2.75, 3.05) is 6.54 Å².